The summed E-state index contributed by atoms with van der Waals surface area (Å²) in [5, 5.41) is 7.91. The molecule has 0 bridgehead atoms. The van der Waals surface area contributed by atoms with Crippen molar-refractivity contribution in [3.05, 3.63) is 16.9 Å². The number of ether oxygens (including phenoxy) is 1. The number of nitrogens with zero attached hydrogens (tertiary/aromatic N) is 2. The van der Waals surface area contributed by atoms with Gasteiger partial charge in [-0.25, -0.2) is 0 Å². The van der Waals surface area contributed by atoms with Crippen LogP contribution in [0.2, 0.25) is 5.02 Å². The van der Waals surface area contributed by atoms with Gasteiger partial charge in [-0.1, -0.05) is 11.6 Å². The van der Waals surface area contributed by atoms with Crippen LogP contribution in [-0.4, -0.2) is 35.4 Å². The molecule has 0 aliphatic rings. The van der Waals surface area contributed by atoms with Gasteiger partial charge in [0.1, 0.15) is 5.54 Å². The van der Waals surface area contributed by atoms with Crippen molar-refractivity contribution in [2.45, 2.75) is 45.2 Å². The molecule has 0 amide bonds. The van der Waals surface area contributed by atoms with Crippen molar-refractivity contribution in [2.75, 3.05) is 14.2 Å². The summed E-state index contributed by atoms with van der Waals surface area (Å²) >= 11 is 5.94. The molecule has 1 aromatic rings. The highest BCUT2D eigenvalue weighted by Crippen LogP contribution is 2.17. The number of carbonyl (C=O) groups excluding carboxylic acids is 1. The molecule has 19 heavy (non-hydrogen) atoms. The zero-order valence-corrected chi connectivity index (χ0v) is 12.8. The van der Waals surface area contributed by atoms with E-state index in [1.807, 2.05) is 18.5 Å². The number of nitrogens with one attached hydrogen (secondary N) is 1. The summed E-state index contributed by atoms with van der Waals surface area (Å²) in [5.74, 6) is -0.228. The zero-order valence-electron chi connectivity index (χ0n) is 12.0. The van der Waals surface area contributed by atoms with Gasteiger partial charge in [-0.2, -0.15) is 5.10 Å². The minimum Gasteiger partial charge on any atom is -0.468 e. The van der Waals surface area contributed by atoms with Crippen LogP contribution in [-0.2, 0) is 16.1 Å². The van der Waals surface area contributed by atoms with E-state index in [2.05, 4.69) is 10.4 Å². The molecule has 1 unspecified atom stereocenters. The molecule has 0 aliphatic heterocycles. The van der Waals surface area contributed by atoms with Gasteiger partial charge < -0.3 is 10.1 Å². The lowest BCUT2D eigenvalue weighted by Gasteiger charge is -2.25. The van der Waals surface area contributed by atoms with Gasteiger partial charge in [0.25, 0.3) is 0 Å². The lowest BCUT2D eigenvalue weighted by atomic mass is 9.95. The number of aryl methyl sites for hydroxylation is 1. The average molecular weight is 288 g/mol. The molecule has 0 aromatic carbocycles. The first-order chi connectivity index (χ1) is 8.94. The van der Waals surface area contributed by atoms with Crippen LogP contribution >= 0.6 is 11.6 Å². The SMILES string of the molecule is CNC(C)(CCCCn1ncc(Cl)c1C)C(=O)OC. The third kappa shape index (κ3) is 3.94. The maximum absolute atomic E-state index is 11.7. The standard InChI is InChI=1S/C13H22ClN3O2/c1-10-11(14)9-16-17(10)8-6-5-7-13(2,15-3)12(18)19-4/h9,15H,5-8H2,1-4H3. The second-order valence-electron chi connectivity index (χ2n) is 4.83. The van der Waals surface area contributed by atoms with Gasteiger partial charge in [-0.15, -0.1) is 0 Å². The summed E-state index contributed by atoms with van der Waals surface area (Å²) in [6.07, 6.45) is 4.23. The van der Waals surface area contributed by atoms with Crippen LogP contribution in [0, 0.1) is 6.92 Å². The maximum Gasteiger partial charge on any atom is 0.325 e. The molecular weight excluding hydrogens is 266 g/mol. The monoisotopic (exact) mass is 287 g/mol. The third-order valence-corrected chi connectivity index (χ3v) is 3.90. The molecule has 108 valence electrons. The summed E-state index contributed by atoms with van der Waals surface area (Å²) in [6.45, 7) is 4.61. The van der Waals surface area contributed by atoms with Crippen molar-refractivity contribution >= 4 is 17.6 Å². The van der Waals surface area contributed by atoms with Gasteiger partial charge in [0, 0.05) is 6.54 Å². The quantitative estimate of drug-likeness (QED) is 0.617. The molecule has 5 nitrogen and oxygen atoms in total. The first kappa shape index (κ1) is 16.0. The van der Waals surface area contributed by atoms with E-state index in [0.717, 1.165) is 31.5 Å². The number of aromatic nitrogens is 2. The minimum absolute atomic E-state index is 0.228. The van der Waals surface area contributed by atoms with E-state index in [1.165, 1.54) is 7.11 Å². The molecule has 1 aromatic heterocycles. The van der Waals surface area contributed by atoms with Crippen molar-refractivity contribution in [2.24, 2.45) is 0 Å². The summed E-state index contributed by atoms with van der Waals surface area (Å²) < 4.78 is 6.69. The van der Waals surface area contributed by atoms with Gasteiger partial charge in [0.15, 0.2) is 0 Å². The van der Waals surface area contributed by atoms with E-state index in [4.69, 9.17) is 16.3 Å². The van der Waals surface area contributed by atoms with E-state index >= 15 is 0 Å². The molecule has 0 saturated heterocycles. The Morgan fingerprint density at radius 3 is 2.74 bits per heavy atom. The number of rotatable bonds is 7. The van der Waals surface area contributed by atoms with Crippen molar-refractivity contribution in [3.8, 4) is 0 Å². The van der Waals surface area contributed by atoms with Gasteiger partial charge in [-0.3, -0.25) is 9.48 Å². The second kappa shape index (κ2) is 6.91. The highest BCUT2D eigenvalue weighted by atomic mass is 35.5. The van der Waals surface area contributed by atoms with Crippen molar-refractivity contribution in [1.82, 2.24) is 15.1 Å². The number of likely N-dealkylation sites (N-methyl/N-ethyl adjacent to an activating group) is 1. The number of carbonyl (C=O) groups is 1. The molecule has 0 aliphatic carbocycles. The van der Waals surface area contributed by atoms with Crippen molar-refractivity contribution in [3.63, 3.8) is 0 Å². The van der Waals surface area contributed by atoms with E-state index in [-0.39, 0.29) is 5.97 Å². The topological polar surface area (TPSA) is 56.2 Å². The maximum atomic E-state index is 11.7. The Morgan fingerprint density at radius 1 is 1.58 bits per heavy atom. The Kier molecular flexibility index (Phi) is 5.82. The Bertz CT molecular complexity index is 434. The summed E-state index contributed by atoms with van der Waals surface area (Å²) in [7, 11) is 3.18. The average Bonchev–Trinajstić information content (AvgIpc) is 2.74. The van der Waals surface area contributed by atoms with Gasteiger partial charge >= 0.3 is 5.97 Å². The molecule has 0 fully saturated rings. The van der Waals surface area contributed by atoms with Crippen LogP contribution in [0.25, 0.3) is 0 Å². The molecule has 0 saturated carbocycles. The molecular formula is C13H22ClN3O2. The fourth-order valence-electron chi connectivity index (χ4n) is 1.94. The van der Waals surface area contributed by atoms with Crippen LogP contribution < -0.4 is 5.32 Å². The summed E-state index contributed by atoms with van der Waals surface area (Å²) in [5.41, 5.74) is 0.358. The van der Waals surface area contributed by atoms with E-state index < -0.39 is 5.54 Å². The Morgan fingerprint density at radius 2 is 2.26 bits per heavy atom. The number of hydrogen-bond acceptors (Lipinski definition) is 4. The lowest BCUT2D eigenvalue weighted by Crippen LogP contribution is -2.48. The highest BCUT2D eigenvalue weighted by molar-refractivity contribution is 6.31. The van der Waals surface area contributed by atoms with E-state index in [0.29, 0.717) is 5.02 Å². The lowest BCUT2D eigenvalue weighted by molar-refractivity contribution is -0.148. The van der Waals surface area contributed by atoms with Crippen molar-refractivity contribution in [1.29, 1.82) is 0 Å². The zero-order chi connectivity index (χ0) is 14.5. The molecule has 0 radical (unpaired) electrons. The number of hydrogen-bond donors (Lipinski definition) is 1. The second-order valence-corrected chi connectivity index (χ2v) is 5.24. The molecule has 1 N–H and O–H groups in total. The van der Waals surface area contributed by atoms with Crippen LogP contribution in [0.4, 0.5) is 0 Å². The number of methoxy groups -OCH3 is 1. The normalized spacial score (nSPS) is 14.2. The van der Waals surface area contributed by atoms with Crippen LogP contribution in [0.1, 0.15) is 31.9 Å². The first-order valence-corrected chi connectivity index (χ1v) is 6.77. The summed E-state index contributed by atoms with van der Waals surface area (Å²) in [4.78, 5) is 11.7. The van der Waals surface area contributed by atoms with Crippen LogP contribution in [0.15, 0.2) is 6.20 Å². The van der Waals surface area contributed by atoms with E-state index in [9.17, 15) is 4.79 Å². The number of unbranched alkanes of at least 4 members (excludes halogenated alkanes) is 1. The number of esters is 1. The third-order valence-electron chi connectivity index (χ3n) is 3.53. The van der Waals surface area contributed by atoms with Gasteiger partial charge in [0.2, 0.25) is 0 Å². The smallest absolute Gasteiger partial charge is 0.325 e. The summed E-state index contributed by atoms with van der Waals surface area (Å²) in [6, 6.07) is 0. The van der Waals surface area contributed by atoms with Crippen LogP contribution in [0.3, 0.4) is 0 Å². The van der Waals surface area contributed by atoms with Crippen molar-refractivity contribution < 1.29 is 9.53 Å². The molecule has 1 heterocycles. The van der Waals surface area contributed by atoms with Crippen LogP contribution in [0.5, 0.6) is 0 Å². The molecule has 0 spiro atoms. The van der Waals surface area contributed by atoms with E-state index in [1.54, 1.807) is 13.2 Å². The predicted octanol–water partition coefficient (Wildman–Crippen LogP) is 2.17. The molecule has 1 atom stereocenters. The highest BCUT2D eigenvalue weighted by Gasteiger charge is 2.31. The fraction of sp³-hybridized carbons (Fsp3) is 0.692. The number of halogens is 1. The first-order valence-electron chi connectivity index (χ1n) is 6.40. The fourth-order valence-corrected chi connectivity index (χ4v) is 2.08. The Hall–Kier alpha value is -1.07. The van der Waals surface area contributed by atoms with Gasteiger partial charge in [0.05, 0.1) is 24.0 Å². The molecule has 1 rings (SSSR count). The minimum atomic E-state index is -0.619. The predicted molar refractivity (Wildman–Crippen MR) is 75.3 cm³/mol. The Balaban J connectivity index is 2.42. The molecule has 6 heteroatoms. The Labute approximate surface area is 119 Å². The van der Waals surface area contributed by atoms with Gasteiger partial charge in [-0.05, 0) is 40.2 Å². The largest absolute Gasteiger partial charge is 0.468 e.